The Hall–Kier alpha value is -2.14. The molecular formula is C20H23NO3S. The molecule has 1 atom stereocenters. The number of carbonyl (C=O) groups excluding carboxylic acids is 1. The van der Waals surface area contributed by atoms with E-state index in [0.29, 0.717) is 24.3 Å². The molecule has 0 saturated carbocycles. The van der Waals surface area contributed by atoms with Gasteiger partial charge in [0.2, 0.25) is 5.91 Å². The van der Waals surface area contributed by atoms with Gasteiger partial charge in [-0.3, -0.25) is 4.79 Å². The molecule has 5 heteroatoms. The molecule has 1 aliphatic rings. The number of carbonyl (C=O) groups is 1. The maximum absolute atomic E-state index is 12.5. The highest BCUT2D eigenvalue weighted by molar-refractivity contribution is 7.99. The van der Waals surface area contributed by atoms with Crippen LogP contribution in [-0.2, 0) is 11.2 Å². The molecule has 0 fully saturated rings. The Morgan fingerprint density at radius 1 is 1.16 bits per heavy atom. The predicted molar refractivity (Wildman–Crippen MR) is 101 cm³/mol. The second kappa shape index (κ2) is 8.30. The SMILES string of the molecule is COc1cccc(CCC(=O)N[C@@H]2CCSc3ccccc32)c1OC. The Kier molecular flexibility index (Phi) is 5.87. The molecule has 0 radical (unpaired) electrons. The number of nitrogens with one attached hydrogen (secondary N) is 1. The highest BCUT2D eigenvalue weighted by Gasteiger charge is 2.22. The number of hydrogen-bond acceptors (Lipinski definition) is 4. The topological polar surface area (TPSA) is 47.6 Å². The summed E-state index contributed by atoms with van der Waals surface area (Å²) in [7, 11) is 3.24. The van der Waals surface area contributed by atoms with Crippen LogP contribution in [0, 0.1) is 0 Å². The molecule has 0 unspecified atom stereocenters. The number of thioether (sulfide) groups is 1. The molecule has 1 amide bonds. The maximum atomic E-state index is 12.5. The normalized spacial score (nSPS) is 16.0. The van der Waals surface area contributed by atoms with E-state index in [1.54, 1.807) is 14.2 Å². The van der Waals surface area contributed by atoms with Crippen molar-refractivity contribution in [3.05, 3.63) is 53.6 Å². The van der Waals surface area contributed by atoms with Gasteiger partial charge >= 0.3 is 0 Å². The fourth-order valence-corrected chi connectivity index (χ4v) is 4.28. The van der Waals surface area contributed by atoms with Crippen molar-refractivity contribution in [2.75, 3.05) is 20.0 Å². The average Bonchev–Trinajstić information content (AvgIpc) is 2.66. The van der Waals surface area contributed by atoms with Gasteiger partial charge in [0, 0.05) is 17.1 Å². The monoisotopic (exact) mass is 357 g/mol. The van der Waals surface area contributed by atoms with Gasteiger partial charge in [-0.25, -0.2) is 0 Å². The number of fused-ring (bicyclic) bond motifs is 1. The van der Waals surface area contributed by atoms with E-state index in [4.69, 9.17) is 9.47 Å². The lowest BCUT2D eigenvalue weighted by molar-refractivity contribution is -0.121. The van der Waals surface area contributed by atoms with Crippen LogP contribution in [0.2, 0.25) is 0 Å². The third kappa shape index (κ3) is 4.10. The van der Waals surface area contributed by atoms with E-state index in [0.717, 1.165) is 17.7 Å². The molecule has 1 N–H and O–H groups in total. The first kappa shape index (κ1) is 17.7. The van der Waals surface area contributed by atoms with E-state index in [2.05, 4.69) is 17.4 Å². The van der Waals surface area contributed by atoms with Gasteiger partial charge in [0.1, 0.15) is 0 Å². The molecule has 132 valence electrons. The number of aryl methyl sites for hydroxylation is 1. The van der Waals surface area contributed by atoms with Gasteiger partial charge in [0.15, 0.2) is 11.5 Å². The van der Waals surface area contributed by atoms with Crippen LogP contribution >= 0.6 is 11.8 Å². The van der Waals surface area contributed by atoms with Crippen molar-refractivity contribution in [1.29, 1.82) is 0 Å². The molecule has 3 rings (SSSR count). The van der Waals surface area contributed by atoms with Gasteiger partial charge < -0.3 is 14.8 Å². The minimum atomic E-state index is 0.0663. The third-order valence-electron chi connectivity index (χ3n) is 4.40. The standard InChI is InChI=1S/C20H23NO3S/c1-23-17-8-5-6-14(20(17)24-2)10-11-19(22)21-16-12-13-25-18-9-4-3-7-15(16)18/h3-9,16H,10-13H2,1-2H3,(H,21,22)/t16-/m1/s1. The van der Waals surface area contributed by atoms with Crippen LogP contribution in [0.1, 0.15) is 30.0 Å². The molecule has 0 aliphatic carbocycles. The lowest BCUT2D eigenvalue weighted by Gasteiger charge is -2.26. The summed E-state index contributed by atoms with van der Waals surface area (Å²) in [5.74, 6) is 2.50. The summed E-state index contributed by atoms with van der Waals surface area (Å²) in [6.07, 6.45) is 2.01. The van der Waals surface area contributed by atoms with E-state index >= 15 is 0 Å². The zero-order valence-corrected chi connectivity index (χ0v) is 15.4. The quantitative estimate of drug-likeness (QED) is 0.849. The number of ether oxygens (including phenoxy) is 2. The highest BCUT2D eigenvalue weighted by atomic mass is 32.2. The van der Waals surface area contributed by atoms with Crippen LogP contribution in [0.15, 0.2) is 47.4 Å². The Bertz CT molecular complexity index is 747. The molecule has 0 saturated heterocycles. The molecule has 1 aliphatic heterocycles. The van der Waals surface area contributed by atoms with Crippen molar-refractivity contribution in [2.45, 2.75) is 30.2 Å². The van der Waals surface area contributed by atoms with E-state index < -0.39 is 0 Å². The molecule has 0 spiro atoms. The van der Waals surface area contributed by atoms with Crippen molar-refractivity contribution in [2.24, 2.45) is 0 Å². The van der Waals surface area contributed by atoms with E-state index in [-0.39, 0.29) is 11.9 Å². The average molecular weight is 357 g/mol. The van der Waals surface area contributed by atoms with Gasteiger partial charge in [-0.2, -0.15) is 0 Å². The molecule has 25 heavy (non-hydrogen) atoms. The minimum absolute atomic E-state index is 0.0663. The van der Waals surface area contributed by atoms with Crippen LogP contribution in [0.4, 0.5) is 0 Å². The van der Waals surface area contributed by atoms with Crippen LogP contribution < -0.4 is 14.8 Å². The summed E-state index contributed by atoms with van der Waals surface area (Å²) < 4.78 is 10.8. The Balaban J connectivity index is 1.63. The van der Waals surface area contributed by atoms with Crippen molar-refractivity contribution in [3.8, 4) is 11.5 Å². The lowest BCUT2D eigenvalue weighted by atomic mass is 10.0. The van der Waals surface area contributed by atoms with Gasteiger partial charge in [0.05, 0.1) is 20.3 Å². The second-order valence-corrected chi connectivity index (χ2v) is 7.08. The van der Waals surface area contributed by atoms with Crippen LogP contribution in [0.3, 0.4) is 0 Å². The van der Waals surface area contributed by atoms with E-state index in [9.17, 15) is 4.79 Å². The number of rotatable bonds is 6. The minimum Gasteiger partial charge on any atom is -0.493 e. The van der Waals surface area contributed by atoms with Crippen molar-refractivity contribution in [3.63, 3.8) is 0 Å². The zero-order valence-electron chi connectivity index (χ0n) is 14.6. The van der Waals surface area contributed by atoms with E-state index in [1.807, 2.05) is 42.1 Å². The second-order valence-electron chi connectivity index (χ2n) is 5.95. The smallest absolute Gasteiger partial charge is 0.220 e. The van der Waals surface area contributed by atoms with Crippen molar-refractivity contribution in [1.82, 2.24) is 5.32 Å². The van der Waals surface area contributed by atoms with Crippen molar-refractivity contribution < 1.29 is 14.3 Å². The van der Waals surface area contributed by atoms with Gasteiger partial charge in [-0.15, -0.1) is 11.8 Å². The Morgan fingerprint density at radius 3 is 2.80 bits per heavy atom. The lowest BCUT2D eigenvalue weighted by Crippen LogP contribution is -2.30. The first-order valence-corrected chi connectivity index (χ1v) is 9.42. The van der Waals surface area contributed by atoms with Crippen LogP contribution in [-0.4, -0.2) is 25.9 Å². The molecule has 0 aromatic heterocycles. The molecule has 4 nitrogen and oxygen atoms in total. The molecular weight excluding hydrogens is 334 g/mol. The summed E-state index contributed by atoms with van der Waals surface area (Å²) in [6, 6.07) is 14.2. The largest absolute Gasteiger partial charge is 0.493 e. The van der Waals surface area contributed by atoms with Gasteiger partial charge in [-0.05, 0) is 36.1 Å². The van der Waals surface area contributed by atoms with Gasteiger partial charge in [-0.1, -0.05) is 30.3 Å². The molecule has 2 aromatic carbocycles. The number of methoxy groups -OCH3 is 2. The number of benzene rings is 2. The molecule has 2 aromatic rings. The molecule has 0 bridgehead atoms. The highest BCUT2D eigenvalue weighted by Crippen LogP contribution is 2.36. The summed E-state index contributed by atoms with van der Waals surface area (Å²) >= 11 is 1.86. The number of amides is 1. The fraction of sp³-hybridized carbons (Fsp3) is 0.350. The van der Waals surface area contributed by atoms with Gasteiger partial charge in [0.25, 0.3) is 0 Å². The number of para-hydroxylation sites is 1. The summed E-state index contributed by atoms with van der Waals surface area (Å²) in [4.78, 5) is 13.7. The summed E-state index contributed by atoms with van der Waals surface area (Å²) in [6.45, 7) is 0. The Labute approximate surface area is 152 Å². The summed E-state index contributed by atoms with van der Waals surface area (Å²) in [5.41, 5.74) is 2.21. The zero-order chi connectivity index (χ0) is 17.6. The van der Waals surface area contributed by atoms with Crippen LogP contribution in [0.5, 0.6) is 11.5 Å². The van der Waals surface area contributed by atoms with Crippen molar-refractivity contribution >= 4 is 17.7 Å². The predicted octanol–water partition coefficient (Wildman–Crippen LogP) is 3.99. The first-order valence-electron chi connectivity index (χ1n) is 8.44. The maximum Gasteiger partial charge on any atom is 0.220 e. The first-order chi connectivity index (χ1) is 12.2. The van der Waals surface area contributed by atoms with Crippen LogP contribution in [0.25, 0.3) is 0 Å². The summed E-state index contributed by atoms with van der Waals surface area (Å²) in [5, 5.41) is 3.19. The Morgan fingerprint density at radius 2 is 2.00 bits per heavy atom. The fourth-order valence-electron chi connectivity index (χ4n) is 3.16. The number of hydrogen-bond donors (Lipinski definition) is 1. The van der Waals surface area contributed by atoms with E-state index in [1.165, 1.54) is 10.5 Å². The molecule has 1 heterocycles. The third-order valence-corrected chi connectivity index (χ3v) is 5.52.